The van der Waals surface area contributed by atoms with Crippen molar-refractivity contribution in [2.24, 2.45) is 4.99 Å². The smallest absolute Gasteiger partial charge is 0.239 e. The van der Waals surface area contributed by atoms with Crippen molar-refractivity contribution >= 4 is 11.9 Å². The van der Waals surface area contributed by atoms with Gasteiger partial charge in [0, 0.05) is 31.7 Å². The Balaban J connectivity index is 1.84. The lowest BCUT2D eigenvalue weighted by Crippen LogP contribution is -2.48. The van der Waals surface area contributed by atoms with Crippen LogP contribution in [0.5, 0.6) is 0 Å². The molecule has 3 N–H and O–H groups in total. The fraction of sp³-hybridized carbons (Fsp3) is 0.619. The zero-order chi connectivity index (χ0) is 20.4. The number of aliphatic imine (C=N–C) groups is 1. The molecule has 0 saturated carbocycles. The molecular formula is C21H35N5O2. The van der Waals surface area contributed by atoms with E-state index in [1.165, 1.54) is 5.56 Å². The van der Waals surface area contributed by atoms with Gasteiger partial charge in [-0.2, -0.15) is 0 Å². The molecular weight excluding hydrogens is 354 g/mol. The van der Waals surface area contributed by atoms with E-state index in [2.05, 4.69) is 50.1 Å². The summed E-state index contributed by atoms with van der Waals surface area (Å²) >= 11 is 0. The Kier molecular flexibility index (Phi) is 8.73. The van der Waals surface area contributed by atoms with E-state index < -0.39 is 0 Å². The number of nitrogens with zero attached hydrogens (tertiary/aromatic N) is 2. The first-order chi connectivity index (χ1) is 13.4. The summed E-state index contributed by atoms with van der Waals surface area (Å²) in [7, 11) is 0. The molecule has 1 amide bonds. The van der Waals surface area contributed by atoms with Crippen LogP contribution in [0, 0.1) is 0 Å². The third-order valence-electron chi connectivity index (χ3n) is 4.23. The van der Waals surface area contributed by atoms with E-state index in [0.29, 0.717) is 12.5 Å². The minimum Gasteiger partial charge on any atom is -0.379 e. The summed E-state index contributed by atoms with van der Waals surface area (Å²) in [5, 5.41) is 9.20. The first-order valence-corrected chi connectivity index (χ1v) is 10.1. The molecule has 1 saturated heterocycles. The van der Waals surface area contributed by atoms with Gasteiger partial charge in [0.1, 0.15) is 0 Å². The van der Waals surface area contributed by atoms with Crippen LogP contribution in [0.3, 0.4) is 0 Å². The Hall–Kier alpha value is -2.12. The number of morpholine rings is 1. The molecule has 2 rings (SSSR count). The maximum absolute atomic E-state index is 12.0. The fourth-order valence-corrected chi connectivity index (χ4v) is 2.91. The molecule has 0 radical (unpaired) electrons. The Labute approximate surface area is 168 Å². The van der Waals surface area contributed by atoms with Crippen LogP contribution in [0.2, 0.25) is 0 Å². The zero-order valence-corrected chi connectivity index (χ0v) is 17.7. The van der Waals surface area contributed by atoms with E-state index in [1.54, 1.807) is 0 Å². The van der Waals surface area contributed by atoms with Gasteiger partial charge in [0.05, 0.1) is 26.3 Å². The lowest BCUT2D eigenvalue weighted by atomic mass is 10.1. The van der Waals surface area contributed by atoms with Gasteiger partial charge in [0.15, 0.2) is 5.96 Å². The molecule has 1 aromatic carbocycles. The Morgan fingerprint density at radius 2 is 1.75 bits per heavy atom. The summed E-state index contributed by atoms with van der Waals surface area (Å²) in [5.74, 6) is 0.592. The quantitative estimate of drug-likeness (QED) is 0.486. The van der Waals surface area contributed by atoms with E-state index >= 15 is 0 Å². The van der Waals surface area contributed by atoms with E-state index in [1.807, 2.05) is 27.7 Å². The summed E-state index contributed by atoms with van der Waals surface area (Å²) in [6.07, 6.45) is 0. The minimum absolute atomic E-state index is 0.0504. The van der Waals surface area contributed by atoms with Gasteiger partial charge in [0.2, 0.25) is 5.91 Å². The van der Waals surface area contributed by atoms with Crippen molar-refractivity contribution in [3.05, 3.63) is 35.4 Å². The van der Waals surface area contributed by atoms with Crippen molar-refractivity contribution in [2.75, 3.05) is 39.4 Å². The number of hydrogen-bond acceptors (Lipinski definition) is 4. The molecule has 1 fully saturated rings. The maximum Gasteiger partial charge on any atom is 0.239 e. The van der Waals surface area contributed by atoms with E-state index in [9.17, 15) is 4.79 Å². The summed E-state index contributed by atoms with van der Waals surface area (Å²) in [4.78, 5) is 19.0. The number of amides is 1. The van der Waals surface area contributed by atoms with Gasteiger partial charge >= 0.3 is 0 Å². The predicted octanol–water partition coefficient (Wildman–Crippen LogP) is 1.49. The Morgan fingerprint density at radius 3 is 2.36 bits per heavy atom. The molecule has 0 unspecified atom stereocenters. The van der Waals surface area contributed by atoms with Crippen LogP contribution < -0.4 is 16.0 Å². The number of carbonyl (C=O) groups excluding carboxylic acids is 1. The highest BCUT2D eigenvalue weighted by atomic mass is 16.5. The summed E-state index contributed by atoms with van der Waals surface area (Å²) in [6.45, 7) is 14.0. The second kappa shape index (κ2) is 11.0. The maximum atomic E-state index is 12.0. The highest BCUT2D eigenvalue weighted by molar-refractivity contribution is 5.86. The SMILES string of the molecule is CCNC(=NCc1ccc(CN2CCOCC2)cc1)NCC(=O)NC(C)(C)C. The predicted molar refractivity (Wildman–Crippen MR) is 113 cm³/mol. The summed E-state index contributed by atoms with van der Waals surface area (Å²) in [6, 6.07) is 8.57. The molecule has 1 heterocycles. The molecule has 0 spiro atoms. The van der Waals surface area contributed by atoms with E-state index in [4.69, 9.17) is 4.74 Å². The molecule has 7 nitrogen and oxygen atoms in total. The normalized spacial score (nSPS) is 15.9. The molecule has 0 aromatic heterocycles. The van der Waals surface area contributed by atoms with E-state index in [-0.39, 0.29) is 18.0 Å². The van der Waals surface area contributed by atoms with Gasteiger partial charge in [0.25, 0.3) is 0 Å². The number of guanidine groups is 1. The molecule has 156 valence electrons. The number of rotatable bonds is 7. The van der Waals surface area contributed by atoms with Crippen LogP contribution >= 0.6 is 0 Å². The highest BCUT2D eigenvalue weighted by Gasteiger charge is 2.14. The van der Waals surface area contributed by atoms with Crippen molar-refractivity contribution in [1.82, 2.24) is 20.9 Å². The van der Waals surface area contributed by atoms with Gasteiger partial charge in [-0.3, -0.25) is 9.69 Å². The molecule has 0 atom stereocenters. The monoisotopic (exact) mass is 389 g/mol. The van der Waals surface area contributed by atoms with Crippen molar-refractivity contribution in [1.29, 1.82) is 0 Å². The van der Waals surface area contributed by atoms with Crippen LogP contribution in [0.15, 0.2) is 29.3 Å². The average molecular weight is 390 g/mol. The van der Waals surface area contributed by atoms with Crippen LogP contribution in [-0.4, -0.2) is 61.7 Å². The van der Waals surface area contributed by atoms with Crippen LogP contribution in [0.1, 0.15) is 38.8 Å². The molecule has 0 aliphatic carbocycles. The van der Waals surface area contributed by atoms with Crippen LogP contribution in [0.25, 0.3) is 0 Å². The second-order valence-electron chi connectivity index (χ2n) is 8.05. The molecule has 1 aliphatic heterocycles. The van der Waals surface area contributed by atoms with Crippen molar-refractivity contribution in [3.8, 4) is 0 Å². The average Bonchev–Trinajstić information content (AvgIpc) is 2.65. The number of benzene rings is 1. The standard InChI is InChI=1S/C21H35N5O2/c1-5-22-20(24-15-19(27)25-21(2,3)4)23-14-17-6-8-18(9-7-17)16-26-10-12-28-13-11-26/h6-9H,5,10-16H2,1-4H3,(H,25,27)(H2,22,23,24). The van der Waals surface area contributed by atoms with Crippen molar-refractivity contribution in [3.63, 3.8) is 0 Å². The van der Waals surface area contributed by atoms with Gasteiger partial charge in [-0.25, -0.2) is 4.99 Å². The third-order valence-corrected chi connectivity index (χ3v) is 4.23. The first-order valence-electron chi connectivity index (χ1n) is 10.1. The first kappa shape index (κ1) is 22.2. The zero-order valence-electron chi connectivity index (χ0n) is 17.7. The molecule has 1 aromatic rings. The second-order valence-corrected chi connectivity index (χ2v) is 8.05. The number of nitrogens with one attached hydrogen (secondary N) is 3. The largest absolute Gasteiger partial charge is 0.379 e. The number of hydrogen-bond donors (Lipinski definition) is 3. The topological polar surface area (TPSA) is 78.0 Å². The van der Waals surface area contributed by atoms with Crippen LogP contribution in [-0.2, 0) is 22.6 Å². The lowest BCUT2D eigenvalue weighted by molar-refractivity contribution is -0.121. The summed E-state index contributed by atoms with van der Waals surface area (Å²) < 4.78 is 5.40. The third kappa shape index (κ3) is 8.71. The van der Waals surface area contributed by atoms with E-state index in [0.717, 1.165) is 45.0 Å². The number of carbonyl (C=O) groups is 1. The minimum atomic E-state index is -0.239. The van der Waals surface area contributed by atoms with Crippen molar-refractivity contribution < 1.29 is 9.53 Å². The Bertz CT molecular complexity index is 631. The molecule has 0 bridgehead atoms. The molecule has 1 aliphatic rings. The van der Waals surface area contributed by atoms with Gasteiger partial charge in [-0.1, -0.05) is 24.3 Å². The van der Waals surface area contributed by atoms with Crippen molar-refractivity contribution in [2.45, 2.75) is 46.3 Å². The molecule has 28 heavy (non-hydrogen) atoms. The van der Waals surface area contributed by atoms with Crippen LogP contribution in [0.4, 0.5) is 0 Å². The Morgan fingerprint density at radius 1 is 1.11 bits per heavy atom. The van der Waals surface area contributed by atoms with Gasteiger partial charge < -0.3 is 20.7 Å². The summed E-state index contributed by atoms with van der Waals surface area (Å²) in [5.41, 5.74) is 2.21. The van der Waals surface area contributed by atoms with Gasteiger partial charge in [-0.05, 0) is 38.8 Å². The molecule has 7 heteroatoms. The van der Waals surface area contributed by atoms with Gasteiger partial charge in [-0.15, -0.1) is 0 Å². The highest BCUT2D eigenvalue weighted by Crippen LogP contribution is 2.10. The number of ether oxygens (including phenoxy) is 1. The lowest BCUT2D eigenvalue weighted by Gasteiger charge is -2.26. The fourth-order valence-electron chi connectivity index (χ4n) is 2.91.